The Kier molecular flexibility index (Phi) is 4.87. The van der Waals surface area contributed by atoms with Crippen molar-refractivity contribution in [2.75, 3.05) is 6.61 Å². The number of carbonyl (C=O) groups is 2. The fraction of sp³-hybridized carbons (Fsp3) is 0.583. The van der Waals surface area contributed by atoms with Crippen LogP contribution in [-0.4, -0.2) is 28.8 Å². The van der Waals surface area contributed by atoms with E-state index in [9.17, 15) is 4.79 Å². The molecule has 0 bridgehead atoms. The second kappa shape index (κ2) is 6.18. The number of H-pyrrole nitrogens is 1. The number of ether oxygens (including phenoxy) is 1. The SMILES string of the molecule is CC=O.CCOC(=O)c1nc(C)[nH]c1C1CC1. The maximum atomic E-state index is 11.5. The van der Waals surface area contributed by atoms with Gasteiger partial charge in [0.1, 0.15) is 12.1 Å². The summed E-state index contributed by atoms with van der Waals surface area (Å²) in [5, 5.41) is 0. The minimum atomic E-state index is -0.307. The van der Waals surface area contributed by atoms with Crippen molar-refractivity contribution in [3.8, 4) is 0 Å². The fourth-order valence-corrected chi connectivity index (χ4v) is 1.53. The first-order chi connectivity index (χ1) is 8.13. The molecule has 1 aromatic heterocycles. The minimum absolute atomic E-state index is 0.307. The lowest BCUT2D eigenvalue weighted by Gasteiger charge is -2.00. The van der Waals surface area contributed by atoms with E-state index in [0.717, 1.165) is 30.6 Å². The van der Waals surface area contributed by atoms with Crippen molar-refractivity contribution in [3.63, 3.8) is 0 Å². The minimum Gasteiger partial charge on any atom is -0.461 e. The number of aromatic nitrogens is 2. The van der Waals surface area contributed by atoms with Crippen LogP contribution in [0, 0.1) is 6.92 Å². The molecule has 1 fully saturated rings. The smallest absolute Gasteiger partial charge is 0.358 e. The predicted octanol–water partition coefficient (Wildman–Crippen LogP) is 1.98. The Bertz CT molecular complexity index is 394. The average Bonchev–Trinajstić information content (AvgIpc) is 3.03. The van der Waals surface area contributed by atoms with E-state index in [1.165, 1.54) is 6.92 Å². The molecule has 0 atom stereocenters. The number of esters is 1. The molecule has 1 heterocycles. The average molecular weight is 238 g/mol. The highest BCUT2D eigenvalue weighted by Crippen LogP contribution is 2.40. The van der Waals surface area contributed by atoms with Crippen LogP contribution in [0.25, 0.3) is 0 Å². The molecular formula is C12H18N2O3. The molecule has 0 spiro atoms. The molecule has 0 unspecified atom stereocenters. The van der Waals surface area contributed by atoms with E-state index in [0.29, 0.717) is 18.2 Å². The van der Waals surface area contributed by atoms with Gasteiger partial charge in [-0.1, -0.05) is 0 Å². The maximum absolute atomic E-state index is 11.5. The van der Waals surface area contributed by atoms with Crippen LogP contribution in [-0.2, 0) is 9.53 Å². The summed E-state index contributed by atoms with van der Waals surface area (Å²) >= 11 is 0. The number of hydrogen-bond donors (Lipinski definition) is 1. The third-order valence-electron chi connectivity index (χ3n) is 2.30. The molecule has 0 radical (unpaired) electrons. The van der Waals surface area contributed by atoms with Gasteiger partial charge in [0.15, 0.2) is 5.69 Å². The van der Waals surface area contributed by atoms with Gasteiger partial charge in [-0.05, 0) is 33.6 Å². The summed E-state index contributed by atoms with van der Waals surface area (Å²) in [6, 6.07) is 0. The number of aromatic amines is 1. The monoisotopic (exact) mass is 238 g/mol. The van der Waals surface area contributed by atoms with E-state index >= 15 is 0 Å². The maximum Gasteiger partial charge on any atom is 0.358 e. The molecule has 2 rings (SSSR count). The Hall–Kier alpha value is -1.65. The van der Waals surface area contributed by atoms with E-state index in [2.05, 4.69) is 9.97 Å². The van der Waals surface area contributed by atoms with E-state index < -0.39 is 0 Å². The van der Waals surface area contributed by atoms with Gasteiger partial charge < -0.3 is 14.5 Å². The Balaban J connectivity index is 0.000000437. The van der Waals surface area contributed by atoms with Crippen molar-refractivity contribution in [3.05, 3.63) is 17.2 Å². The van der Waals surface area contributed by atoms with Crippen LogP contribution in [0.15, 0.2) is 0 Å². The summed E-state index contributed by atoms with van der Waals surface area (Å²) in [4.78, 5) is 27.6. The second-order valence-electron chi connectivity index (χ2n) is 3.81. The zero-order valence-electron chi connectivity index (χ0n) is 10.4. The predicted molar refractivity (Wildman–Crippen MR) is 63.0 cm³/mol. The molecule has 5 nitrogen and oxygen atoms in total. The van der Waals surface area contributed by atoms with Gasteiger partial charge in [0.05, 0.1) is 12.3 Å². The van der Waals surface area contributed by atoms with Crippen LogP contribution < -0.4 is 0 Å². The van der Waals surface area contributed by atoms with Crippen molar-refractivity contribution < 1.29 is 14.3 Å². The zero-order chi connectivity index (χ0) is 12.8. The first-order valence-electron chi connectivity index (χ1n) is 5.77. The number of hydrogen-bond acceptors (Lipinski definition) is 4. The molecule has 1 aliphatic rings. The molecule has 1 N–H and O–H groups in total. The van der Waals surface area contributed by atoms with Crippen molar-refractivity contribution in [1.82, 2.24) is 9.97 Å². The molecule has 5 heteroatoms. The third kappa shape index (κ3) is 3.69. The van der Waals surface area contributed by atoms with Gasteiger partial charge in [-0.25, -0.2) is 9.78 Å². The summed E-state index contributed by atoms with van der Waals surface area (Å²) in [5.74, 6) is 0.976. The highest BCUT2D eigenvalue weighted by Gasteiger charge is 2.31. The third-order valence-corrected chi connectivity index (χ3v) is 2.30. The number of aldehydes is 1. The van der Waals surface area contributed by atoms with Gasteiger partial charge >= 0.3 is 5.97 Å². The molecule has 1 aliphatic carbocycles. The van der Waals surface area contributed by atoms with Crippen molar-refractivity contribution in [2.45, 2.75) is 39.5 Å². The Morgan fingerprint density at radius 1 is 1.59 bits per heavy atom. The van der Waals surface area contributed by atoms with Crippen LogP contribution in [0.2, 0.25) is 0 Å². The van der Waals surface area contributed by atoms with Gasteiger partial charge in [-0.3, -0.25) is 0 Å². The lowest BCUT2D eigenvalue weighted by Crippen LogP contribution is -2.07. The molecule has 1 aromatic rings. The number of nitrogens with zero attached hydrogens (tertiary/aromatic N) is 1. The number of nitrogens with one attached hydrogen (secondary N) is 1. The quantitative estimate of drug-likeness (QED) is 0.645. The topological polar surface area (TPSA) is 72.1 Å². The molecule has 1 saturated carbocycles. The Morgan fingerprint density at radius 2 is 2.18 bits per heavy atom. The van der Waals surface area contributed by atoms with Crippen LogP contribution in [0.4, 0.5) is 0 Å². The first kappa shape index (κ1) is 13.4. The van der Waals surface area contributed by atoms with Gasteiger partial charge in [0.2, 0.25) is 0 Å². The van der Waals surface area contributed by atoms with E-state index in [1.54, 1.807) is 6.92 Å². The number of rotatable bonds is 3. The summed E-state index contributed by atoms with van der Waals surface area (Å²) in [7, 11) is 0. The van der Waals surface area contributed by atoms with Crippen molar-refractivity contribution >= 4 is 12.3 Å². The standard InChI is InChI=1S/C10H14N2O2.C2H4O/c1-3-14-10(13)9-8(7-4-5-7)11-6(2)12-9;1-2-3/h7H,3-5H2,1-2H3,(H,11,12);2H,1H3. The molecule has 0 saturated heterocycles. The molecule has 17 heavy (non-hydrogen) atoms. The number of imidazole rings is 1. The Labute approximate surface area is 101 Å². The molecule has 94 valence electrons. The van der Waals surface area contributed by atoms with E-state index in [-0.39, 0.29) is 5.97 Å². The Morgan fingerprint density at radius 3 is 2.65 bits per heavy atom. The highest BCUT2D eigenvalue weighted by molar-refractivity contribution is 5.89. The lowest BCUT2D eigenvalue weighted by molar-refractivity contribution is -0.106. The molecule has 0 aliphatic heterocycles. The number of aryl methyl sites for hydroxylation is 1. The number of carbonyl (C=O) groups excluding carboxylic acids is 2. The van der Waals surface area contributed by atoms with Gasteiger partial charge in [-0.2, -0.15) is 0 Å². The molecule has 0 amide bonds. The van der Waals surface area contributed by atoms with E-state index in [4.69, 9.17) is 9.53 Å². The summed E-state index contributed by atoms with van der Waals surface area (Å²) < 4.78 is 4.94. The van der Waals surface area contributed by atoms with Crippen LogP contribution in [0.1, 0.15) is 54.6 Å². The fourth-order valence-electron chi connectivity index (χ4n) is 1.53. The lowest BCUT2D eigenvalue weighted by atomic mass is 10.2. The normalized spacial score (nSPS) is 13.6. The van der Waals surface area contributed by atoms with Crippen LogP contribution >= 0.6 is 0 Å². The van der Waals surface area contributed by atoms with Crippen molar-refractivity contribution in [2.24, 2.45) is 0 Å². The van der Waals surface area contributed by atoms with E-state index in [1.807, 2.05) is 6.92 Å². The molecular weight excluding hydrogens is 220 g/mol. The summed E-state index contributed by atoms with van der Waals surface area (Å²) in [6.07, 6.45) is 3.04. The summed E-state index contributed by atoms with van der Waals surface area (Å²) in [6.45, 7) is 5.50. The second-order valence-corrected chi connectivity index (χ2v) is 3.81. The summed E-state index contributed by atoms with van der Waals surface area (Å²) in [5.41, 5.74) is 1.44. The van der Waals surface area contributed by atoms with Crippen LogP contribution in [0.5, 0.6) is 0 Å². The van der Waals surface area contributed by atoms with Gasteiger partial charge in [0.25, 0.3) is 0 Å². The molecule has 0 aromatic carbocycles. The van der Waals surface area contributed by atoms with Crippen molar-refractivity contribution in [1.29, 1.82) is 0 Å². The van der Waals surface area contributed by atoms with Gasteiger partial charge in [0, 0.05) is 5.92 Å². The first-order valence-corrected chi connectivity index (χ1v) is 5.77. The van der Waals surface area contributed by atoms with Crippen LogP contribution in [0.3, 0.4) is 0 Å². The zero-order valence-corrected chi connectivity index (χ0v) is 10.4. The highest BCUT2D eigenvalue weighted by atomic mass is 16.5. The van der Waals surface area contributed by atoms with Gasteiger partial charge in [-0.15, -0.1) is 0 Å². The largest absolute Gasteiger partial charge is 0.461 e.